The van der Waals surface area contributed by atoms with E-state index in [4.69, 9.17) is 16.3 Å². The summed E-state index contributed by atoms with van der Waals surface area (Å²) in [6, 6.07) is 16.7. The topological polar surface area (TPSA) is 47.4 Å². The third-order valence-electron chi connectivity index (χ3n) is 4.53. The highest BCUT2D eigenvalue weighted by molar-refractivity contribution is 6.32. The summed E-state index contributed by atoms with van der Waals surface area (Å²) in [7, 11) is 1.90. The average molecular weight is 384 g/mol. The molecule has 0 radical (unpaired) electrons. The van der Waals surface area contributed by atoms with Gasteiger partial charge in [0.25, 0.3) is 5.91 Å². The number of aryl methyl sites for hydroxylation is 2. The van der Waals surface area contributed by atoms with E-state index in [2.05, 4.69) is 5.10 Å². The molecule has 0 saturated carbocycles. The van der Waals surface area contributed by atoms with E-state index < -0.39 is 0 Å². The number of para-hydroxylation sites is 2. The molecule has 0 unspecified atom stereocenters. The average Bonchev–Trinajstić information content (AvgIpc) is 2.91. The SMILES string of the molecule is Cc1nn(C)c(C)c1CN(C(=O)COc1ccccc1Cl)c1ccccc1. The number of carbonyl (C=O) groups is 1. The van der Waals surface area contributed by atoms with Gasteiger partial charge in [0, 0.05) is 24.0 Å². The smallest absolute Gasteiger partial charge is 0.265 e. The fourth-order valence-electron chi connectivity index (χ4n) is 2.92. The van der Waals surface area contributed by atoms with Crippen LogP contribution in [-0.2, 0) is 18.4 Å². The zero-order valence-corrected chi connectivity index (χ0v) is 16.4. The minimum atomic E-state index is -0.149. The third-order valence-corrected chi connectivity index (χ3v) is 4.84. The first kappa shape index (κ1) is 19.0. The molecule has 1 aromatic heterocycles. The number of amides is 1. The summed E-state index contributed by atoms with van der Waals surface area (Å²) in [4.78, 5) is 14.7. The molecule has 27 heavy (non-hydrogen) atoms. The van der Waals surface area contributed by atoms with Gasteiger partial charge in [-0.1, -0.05) is 41.9 Å². The molecule has 0 fully saturated rings. The number of nitrogens with zero attached hydrogens (tertiary/aromatic N) is 3. The Balaban J connectivity index is 1.84. The minimum absolute atomic E-state index is 0.100. The highest BCUT2D eigenvalue weighted by atomic mass is 35.5. The van der Waals surface area contributed by atoms with Crippen molar-refractivity contribution in [2.45, 2.75) is 20.4 Å². The molecule has 2 aromatic carbocycles. The lowest BCUT2D eigenvalue weighted by atomic mass is 10.1. The van der Waals surface area contributed by atoms with Gasteiger partial charge in [0.2, 0.25) is 0 Å². The van der Waals surface area contributed by atoms with Crippen molar-refractivity contribution in [1.82, 2.24) is 9.78 Å². The van der Waals surface area contributed by atoms with E-state index in [9.17, 15) is 4.79 Å². The molecule has 0 bridgehead atoms. The number of halogens is 1. The maximum Gasteiger partial charge on any atom is 0.265 e. The molecule has 5 nitrogen and oxygen atoms in total. The molecule has 0 N–H and O–H groups in total. The Labute approximate surface area is 164 Å². The molecule has 140 valence electrons. The molecule has 6 heteroatoms. The largest absolute Gasteiger partial charge is 0.482 e. The van der Waals surface area contributed by atoms with Crippen LogP contribution in [0.2, 0.25) is 5.02 Å². The first-order valence-corrected chi connectivity index (χ1v) is 9.07. The molecule has 3 rings (SSSR count). The lowest BCUT2D eigenvalue weighted by Crippen LogP contribution is -2.34. The van der Waals surface area contributed by atoms with Crippen LogP contribution in [0.25, 0.3) is 0 Å². The molecule has 0 aliphatic heterocycles. The Morgan fingerprint density at radius 1 is 1.11 bits per heavy atom. The second-order valence-electron chi connectivity index (χ2n) is 6.31. The second-order valence-corrected chi connectivity index (χ2v) is 6.71. The van der Waals surface area contributed by atoms with Gasteiger partial charge in [-0.2, -0.15) is 5.10 Å². The van der Waals surface area contributed by atoms with Crippen LogP contribution in [0, 0.1) is 13.8 Å². The van der Waals surface area contributed by atoms with Gasteiger partial charge < -0.3 is 9.64 Å². The van der Waals surface area contributed by atoms with Gasteiger partial charge in [0.1, 0.15) is 5.75 Å². The number of anilines is 1. The first-order chi connectivity index (χ1) is 13.0. The normalized spacial score (nSPS) is 10.7. The van der Waals surface area contributed by atoms with Gasteiger partial charge in [0.15, 0.2) is 6.61 Å². The van der Waals surface area contributed by atoms with Gasteiger partial charge in [-0.05, 0) is 38.1 Å². The van der Waals surface area contributed by atoms with Gasteiger partial charge in [-0.15, -0.1) is 0 Å². The molecular formula is C21H22ClN3O2. The Hall–Kier alpha value is -2.79. The van der Waals surface area contributed by atoms with Crippen LogP contribution in [0.1, 0.15) is 17.0 Å². The number of hydrogen-bond donors (Lipinski definition) is 0. The summed E-state index contributed by atoms with van der Waals surface area (Å²) >= 11 is 6.12. The minimum Gasteiger partial charge on any atom is -0.482 e. The summed E-state index contributed by atoms with van der Waals surface area (Å²) in [6.45, 7) is 4.29. The predicted molar refractivity (Wildman–Crippen MR) is 107 cm³/mol. The highest BCUT2D eigenvalue weighted by Crippen LogP contribution is 2.24. The molecule has 0 atom stereocenters. The van der Waals surface area contributed by atoms with Gasteiger partial charge in [-0.3, -0.25) is 9.48 Å². The predicted octanol–water partition coefficient (Wildman–Crippen LogP) is 4.30. The lowest BCUT2D eigenvalue weighted by Gasteiger charge is -2.23. The van der Waals surface area contributed by atoms with Gasteiger partial charge in [-0.25, -0.2) is 0 Å². The molecular weight excluding hydrogens is 362 g/mol. The molecule has 0 aliphatic carbocycles. The first-order valence-electron chi connectivity index (χ1n) is 8.69. The highest BCUT2D eigenvalue weighted by Gasteiger charge is 2.21. The van der Waals surface area contributed by atoms with E-state index in [0.717, 1.165) is 22.6 Å². The summed E-state index contributed by atoms with van der Waals surface area (Å²) in [5.41, 5.74) is 3.80. The number of carbonyl (C=O) groups excluding carboxylic acids is 1. The van der Waals surface area contributed by atoms with Gasteiger partial charge >= 0.3 is 0 Å². The summed E-state index contributed by atoms with van der Waals surface area (Å²) in [6.07, 6.45) is 0. The summed E-state index contributed by atoms with van der Waals surface area (Å²) < 4.78 is 7.49. The zero-order valence-electron chi connectivity index (χ0n) is 15.6. The maximum absolute atomic E-state index is 13.0. The Kier molecular flexibility index (Phi) is 5.81. The van der Waals surface area contributed by atoms with Crippen molar-refractivity contribution in [1.29, 1.82) is 0 Å². The number of benzene rings is 2. The van der Waals surface area contributed by atoms with Crippen LogP contribution in [0.3, 0.4) is 0 Å². The van der Waals surface area contributed by atoms with E-state index in [1.54, 1.807) is 17.0 Å². The second kappa shape index (κ2) is 8.27. The Morgan fingerprint density at radius 3 is 2.41 bits per heavy atom. The molecule has 1 amide bonds. The standard InChI is InChI=1S/C21H22ClN3O2/c1-15-18(16(2)24(3)23-15)13-25(17-9-5-4-6-10-17)21(26)14-27-20-12-8-7-11-19(20)22/h4-12H,13-14H2,1-3H3. The van der Waals surface area contributed by atoms with E-state index in [1.165, 1.54) is 0 Å². The van der Waals surface area contributed by atoms with Crippen LogP contribution >= 0.6 is 11.6 Å². The van der Waals surface area contributed by atoms with Crippen LogP contribution in [-0.4, -0.2) is 22.3 Å². The van der Waals surface area contributed by atoms with E-state index in [-0.39, 0.29) is 12.5 Å². The molecule has 1 heterocycles. The molecule has 3 aromatic rings. The van der Waals surface area contributed by atoms with Crippen LogP contribution in [0.5, 0.6) is 5.75 Å². The molecule has 0 aliphatic rings. The van der Waals surface area contributed by atoms with Gasteiger partial charge in [0.05, 0.1) is 17.3 Å². The van der Waals surface area contributed by atoms with E-state index >= 15 is 0 Å². The number of hydrogen-bond acceptors (Lipinski definition) is 3. The van der Waals surface area contributed by atoms with Crippen molar-refractivity contribution < 1.29 is 9.53 Å². The summed E-state index contributed by atoms with van der Waals surface area (Å²) in [5.74, 6) is 0.345. The number of rotatable bonds is 6. The van der Waals surface area contributed by atoms with Crippen LogP contribution in [0.15, 0.2) is 54.6 Å². The van der Waals surface area contributed by atoms with Crippen molar-refractivity contribution in [2.24, 2.45) is 7.05 Å². The third kappa shape index (κ3) is 4.31. The number of aromatic nitrogens is 2. The fraction of sp³-hybridized carbons (Fsp3) is 0.238. The van der Waals surface area contributed by atoms with E-state index in [0.29, 0.717) is 17.3 Å². The van der Waals surface area contributed by atoms with Crippen molar-refractivity contribution in [3.63, 3.8) is 0 Å². The molecule has 0 spiro atoms. The lowest BCUT2D eigenvalue weighted by molar-refractivity contribution is -0.120. The van der Waals surface area contributed by atoms with Crippen molar-refractivity contribution >= 4 is 23.2 Å². The molecule has 0 saturated heterocycles. The Bertz CT molecular complexity index is 938. The van der Waals surface area contributed by atoms with Crippen LogP contribution < -0.4 is 9.64 Å². The van der Waals surface area contributed by atoms with E-state index in [1.807, 2.05) is 68.0 Å². The van der Waals surface area contributed by atoms with Crippen molar-refractivity contribution in [3.8, 4) is 5.75 Å². The van der Waals surface area contributed by atoms with Crippen molar-refractivity contribution in [3.05, 3.63) is 76.6 Å². The number of ether oxygens (including phenoxy) is 1. The summed E-state index contributed by atoms with van der Waals surface area (Å²) in [5, 5.41) is 4.93. The van der Waals surface area contributed by atoms with Crippen LogP contribution in [0.4, 0.5) is 5.69 Å². The quantitative estimate of drug-likeness (QED) is 0.637. The van der Waals surface area contributed by atoms with Crippen molar-refractivity contribution in [2.75, 3.05) is 11.5 Å². The fourth-order valence-corrected chi connectivity index (χ4v) is 3.11. The zero-order chi connectivity index (χ0) is 19.4. The monoisotopic (exact) mass is 383 g/mol. The Morgan fingerprint density at radius 2 is 1.78 bits per heavy atom. The maximum atomic E-state index is 13.0.